The fourth-order valence-corrected chi connectivity index (χ4v) is 26.2. The van der Waals surface area contributed by atoms with E-state index in [9.17, 15) is 0 Å². The molecule has 99 heavy (non-hydrogen) atoms. The van der Waals surface area contributed by atoms with E-state index >= 15 is 0 Å². The van der Waals surface area contributed by atoms with Gasteiger partial charge in [0.25, 0.3) is 0 Å². The zero-order valence-electron chi connectivity index (χ0n) is 53.6. The predicted molar refractivity (Wildman–Crippen MR) is 432 cm³/mol. The van der Waals surface area contributed by atoms with Gasteiger partial charge in [0.05, 0.1) is 11.0 Å². The summed E-state index contributed by atoms with van der Waals surface area (Å²) in [6.07, 6.45) is 0. The zero-order valence-corrected chi connectivity index (χ0v) is 60.4. The van der Waals surface area contributed by atoms with Crippen LogP contribution >= 0.6 is 47.8 Å². The number of fused-ring (bicyclic) bond motifs is 12. The van der Waals surface area contributed by atoms with Crippen LogP contribution in [0.3, 0.4) is 0 Å². The van der Waals surface area contributed by atoms with E-state index in [1.807, 2.05) is 66.7 Å². The first kappa shape index (κ1) is 63.1. The summed E-state index contributed by atoms with van der Waals surface area (Å²) in [5, 5.41) is 20.0. The third kappa shape index (κ3) is 11.7. The molecule has 4 nitrogen and oxygen atoms in total. The Hall–Kier alpha value is -10.6. The molecule has 9 heteroatoms. The largest absolute Gasteiger partial charge is 0.456 e. The van der Waals surface area contributed by atoms with E-state index in [1.165, 1.54) is 79.5 Å². The number of benzene rings is 15. The van der Waals surface area contributed by atoms with Crippen molar-refractivity contribution in [2.45, 2.75) is 0 Å². The van der Waals surface area contributed by atoms with Crippen LogP contribution in [0.4, 0.5) is 0 Å². The van der Waals surface area contributed by atoms with Gasteiger partial charge in [0.1, 0.15) is 33.5 Å². The number of furan rings is 3. The summed E-state index contributed by atoms with van der Waals surface area (Å²) in [5.41, 5.74) is 9.31. The molecule has 0 fully saturated rings. The van der Waals surface area contributed by atoms with Crippen molar-refractivity contribution >= 4 is 193 Å². The van der Waals surface area contributed by atoms with E-state index in [0.717, 1.165) is 68.8 Å². The topological polar surface area (TPSA) is 44.4 Å². The minimum atomic E-state index is -2.91. The fraction of sp³-hybridized carbons (Fsp3) is 0. The monoisotopic (exact) mass is 1500 g/mol. The summed E-state index contributed by atoms with van der Waals surface area (Å²) in [6, 6.07) is 134. The molecule has 4 aromatic heterocycles. The SMILES string of the molecule is Brc1cccc(Br)c1.Brc1cccc([Si](c2ccccc2)(c2ccccc2)c2cccc3c2oc2ccccc23)c1.c1ccc([Si](c2ccccc2)(c2cccc(-n3c4ccccc4c4ccccc43)c2)c2cccc3c2oc2ccccc23)cc1.c1ccc2c(c1)oc1ccccc12. The lowest BCUT2D eigenvalue weighted by Gasteiger charge is -2.34. The van der Waals surface area contributed by atoms with Gasteiger partial charge in [-0.2, -0.15) is 0 Å². The van der Waals surface area contributed by atoms with Gasteiger partial charge in [0.2, 0.25) is 0 Å². The van der Waals surface area contributed by atoms with E-state index in [2.05, 4.69) is 362 Å². The van der Waals surface area contributed by atoms with Crippen LogP contribution in [-0.4, -0.2) is 20.7 Å². The fourth-order valence-electron chi connectivity index (χ4n) is 14.7. The molecule has 0 radical (unpaired) electrons. The lowest BCUT2D eigenvalue weighted by Crippen LogP contribution is -2.74. The van der Waals surface area contributed by atoms with Crippen molar-refractivity contribution in [3.63, 3.8) is 0 Å². The second-order valence-electron chi connectivity index (χ2n) is 24.5. The molecule has 0 N–H and O–H groups in total. The third-order valence-corrected chi connectivity index (χ3v) is 29.9. The van der Waals surface area contributed by atoms with Crippen LogP contribution in [0.25, 0.3) is 93.3 Å². The van der Waals surface area contributed by atoms with Gasteiger partial charge in [-0.3, -0.25) is 0 Å². The molecule has 0 aliphatic heterocycles. The molecule has 4 heterocycles. The lowest BCUT2D eigenvalue weighted by molar-refractivity contribution is 0.669. The number of aromatic nitrogens is 1. The van der Waals surface area contributed by atoms with Crippen molar-refractivity contribution in [1.29, 1.82) is 0 Å². The van der Waals surface area contributed by atoms with Crippen LogP contribution in [0.5, 0.6) is 0 Å². The van der Waals surface area contributed by atoms with Crippen LogP contribution in [-0.2, 0) is 0 Å². The highest BCUT2D eigenvalue weighted by Gasteiger charge is 2.45. The highest BCUT2D eigenvalue weighted by Crippen LogP contribution is 2.35. The van der Waals surface area contributed by atoms with E-state index in [-0.39, 0.29) is 0 Å². The van der Waals surface area contributed by atoms with Gasteiger partial charge >= 0.3 is 0 Å². The minimum absolute atomic E-state index is 0.919. The average Bonchev–Trinajstić information content (AvgIpc) is 1.71. The number of halogens is 3. The quantitative estimate of drug-likeness (QED) is 0.107. The van der Waals surface area contributed by atoms with Gasteiger partial charge in [0.15, 0.2) is 16.1 Å². The second kappa shape index (κ2) is 27.7. The Kier molecular flexibility index (Phi) is 17.7. The molecule has 19 aromatic rings. The number of rotatable bonds is 9. The van der Waals surface area contributed by atoms with Crippen LogP contribution in [0.1, 0.15) is 0 Å². The molecule has 0 bridgehead atoms. The number of hydrogen-bond donors (Lipinski definition) is 0. The Morgan fingerprint density at radius 3 is 0.879 bits per heavy atom. The van der Waals surface area contributed by atoms with E-state index < -0.39 is 16.1 Å². The molecule has 0 aliphatic carbocycles. The normalized spacial score (nSPS) is 11.6. The van der Waals surface area contributed by atoms with E-state index in [1.54, 1.807) is 0 Å². The number of nitrogens with zero attached hydrogens (tertiary/aromatic N) is 1. The van der Waals surface area contributed by atoms with Crippen molar-refractivity contribution < 1.29 is 13.3 Å². The molecule has 0 saturated heterocycles. The Morgan fingerprint density at radius 1 is 0.212 bits per heavy atom. The second-order valence-corrected chi connectivity index (χ2v) is 34.8. The lowest BCUT2D eigenvalue weighted by atomic mass is 10.1. The van der Waals surface area contributed by atoms with Crippen LogP contribution in [0, 0.1) is 0 Å². The van der Waals surface area contributed by atoms with E-state index in [0.29, 0.717) is 0 Å². The maximum absolute atomic E-state index is 6.80. The maximum Gasteiger partial charge on any atom is 0.184 e. The van der Waals surface area contributed by atoms with Gasteiger partial charge in [-0.15, -0.1) is 0 Å². The highest BCUT2D eigenvalue weighted by atomic mass is 79.9. The van der Waals surface area contributed by atoms with E-state index in [4.69, 9.17) is 13.3 Å². The van der Waals surface area contributed by atoms with Gasteiger partial charge in [-0.25, -0.2) is 0 Å². The standard InChI is InChI=1S/C42H29NOSi.C30H21BrOSi.C12H8O.C6H4Br2/c1-3-16-31(17-4-1)45(32-18-5-2-6-19-32,41-28-14-24-37-36-23-9-12-27-40(36)44-42(37)41)33-20-13-15-30(29-33)43-38-25-10-7-21-34(38)35-22-8-11-26-39(35)43;31-22-11-9-16-25(21-22)33(23-12-3-1-4-13-23,24-14-5-2-6-15-24)29-20-10-18-27-26-17-7-8-19-28(26)32-30(27)29;1-3-7-11-9(5-1)10-6-2-4-8-12(10)13-11;7-5-2-1-3-6(8)4-5/h1-29H;1-21H;1-8H;1-4H. The molecule has 0 amide bonds. The Morgan fingerprint density at radius 2 is 0.495 bits per heavy atom. The van der Waals surface area contributed by atoms with Gasteiger partial charge in [-0.1, -0.05) is 345 Å². The van der Waals surface area contributed by atoms with Crippen LogP contribution < -0.4 is 41.5 Å². The van der Waals surface area contributed by atoms with Gasteiger partial charge < -0.3 is 17.8 Å². The maximum atomic E-state index is 6.80. The van der Waals surface area contributed by atoms with Crippen molar-refractivity contribution in [3.8, 4) is 5.69 Å². The first-order valence-electron chi connectivity index (χ1n) is 33.0. The summed E-state index contributed by atoms with van der Waals surface area (Å²) in [4.78, 5) is 0. The van der Waals surface area contributed by atoms with Gasteiger partial charge in [-0.05, 0) is 120 Å². The van der Waals surface area contributed by atoms with Crippen molar-refractivity contribution in [2.24, 2.45) is 0 Å². The third-order valence-electron chi connectivity index (χ3n) is 18.9. The van der Waals surface area contributed by atoms with Crippen LogP contribution in [0.2, 0.25) is 0 Å². The van der Waals surface area contributed by atoms with Gasteiger partial charge in [0, 0.05) is 62.2 Å². The molecule has 474 valence electrons. The molecular weight excluding hydrogens is 1440 g/mol. The molecule has 0 aliphatic rings. The zero-order chi connectivity index (χ0) is 66.7. The summed E-state index contributed by atoms with van der Waals surface area (Å²) in [5.74, 6) is 0. The number of para-hydroxylation sites is 8. The molecule has 0 spiro atoms. The molecule has 0 unspecified atom stereocenters. The molecular formula is C90H62Br3NO3Si2. The highest BCUT2D eigenvalue weighted by molar-refractivity contribution is 9.11. The minimum Gasteiger partial charge on any atom is -0.456 e. The smallest absolute Gasteiger partial charge is 0.184 e. The molecule has 0 atom stereocenters. The van der Waals surface area contributed by atoms with Crippen molar-refractivity contribution in [2.75, 3.05) is 0 Å². The Labute approximate surface area is 601 Å². The first-order valence-corrected chi connectivity index (χ1v) is 39.4. The van der Waals surface area contributed by atoms with Crippen molar-refractivity contribution in [3.05, 3.63) is 390 Å². The molecule has 0 saturated carbocycles. The summed E-state index contributed by atoms with van der Waals surface area (Å²) in [6.45, 7) is 0. The summed E-state index contributed by atoms with van der Waals surface area (Å²) in [7, 11) is -5.60. The Bertz CT molecular complexity index is 5870. The van der Waals surface area contributed by atoms with Crippen LogP contribution in [0.15, 0.2) is 403 Å². The summed E-state index contributed by atoms with van der Waals surface area (Å²) >= 11 is 10.4. The first-order chi connectivity index (χ1) is 48.9. The number of hydrogen-bond acceptors (Lipinski definition) is 3. The summed E-state index contributed by atoms with van der Waals surface area (Å²) < 4.78 is 24.8. The van der Waals surface area contributed by atoms with Crippen molar-refractivity contribution in [1.82, 2.24) is 4.57 Å². The average molecular weight is 1500 g/mol. The Balaban J connectivity index is 0.000000122. The predicted octanol–water partition coefficient (Wildman–Crippen LogP) is 20.6. The molecule has 15 aromatic carbocycles. The molecule has 19 rings (SSSR count).